The van der Waals surface area contributed by atoms with E-state index in [1.165, 1.54) is 0 Å². The molecule has 0 aliphatic carbocycles. The molecular formula is C16H22N4O2. The van der Waals surface area contributed by atoms with Gasteiger partial charge in [-0.25, -0.2) is 9.79 Å². The third-order valence-electron chi connectivity index (χ3n) is 3.51. The molecule has 6 nitrogen and oxygen atoms in total. The summed E-state index contributed by atoms with van der Waals surface area (Å²) in [4.78, 5) is 20.0. The van der Waals surface area contributed by atoms with Crippen LogP contribution in [-0.4, -0.2) is 47.9 Å². The number of carbonyl (C=O) groups is 1. The molecule has 1 saturated heterocycles. The second kappa shape index (κ2) is 7.49. The van der Waals surface area contributed by atoms with E-state index in [0.717, 1.165) is 11.4 Å². The molecule has 0 atom stereocenters. The van der Waals surface area contributed by atoms with Gasteiger partial charge in [0.1, 0.15) is 18.3 Å². The molecular weight excluding hydrogens is 280 g/mol. The molecule has 0 bridgehead atoms. The van der Waals surface area contributed by atoms with E-state index >= 15 is 0 Å². The molecule has 1 aliphatic heterocycles. The molecule has 0 saturated carbocycles. The molecule has 1 aromatic carbocycles. The van der Waals surface area contributed by atoms with Crippen LogP contribution >= 0.6 is 0 Å². The van der Waals surface area contributed by atoms with Gasteiger partial charge in [0.05, 0.1) is 0 Å². The number of piperazine rings is 1. The quantitative estimate of drug-likeness (QED) is 0.682. The fourth-order valence-electron chi connectivity index (χ4n) is 2.30. The van der Waals surface area contributed by atoms with Gasteiger partial charge in [0, 0.05) is 26.2 Å². The Bertz CT molecular complexity index is 549. The van der Waals surface area contributed by atoms with E-state index in [-0.39, 0.29) is 6.09 Å². The minimum Gasteiger partial charge on any atom is -0.445 e. The lowest BCUT2D eigenvalue weighted by atomic mass is 10.2. The van der Waals surface area contributed by atoms with Crippen LogP contribution in [0.5, 0.6) is 0 Å². The SMILES string of the molecule is C=C(N)/N=C(\C)N1CCN(C(=O)OCc2ccccc2)CC1. The smallest absolute Gasteiger partial charge is 0.410 e. The number of amidine groups is 1. The molecule has 2 rings (SSSR count). The number of ether oxygens (including phenoxy) is 1. The maximum Gasteiger partial charge on any atom is 0.410 e. The minimum absolute atomic E-state index is 0.277. The van der Waals surface area contributed by atoms with Crippen LogP contribution in [0.25, 0.3) is 0 Å². The first-order valence-electron chi connectivity index (χ1n) is 7.26. The van der Waals surface area contributed by atoms with Crippen LogP contribution < -0.4 is 5.73 Å². The Kier molecular flexibility index (Phi) is 5.41. The molecule has 1 amide bonds. The van der Waals surface area contributed by atoms with Crippen molar-refractivity contribution in [2.45, 2.75) is 13.5 Å². The van der Waals surface area contributed by atoms with Gasteiger partial charge in [-0.1, -0.05) is 36.9 Å². The molecule has 2 N–H and O–H groups in total. The number of aliphatic imine (C=N–C) groups is 1. The Morgan fingerprint density at radius 2 is 1.82 bits per heavy atom. The topological polar surface area (TPSA) is 71.2 Å². The van der Waals surface area contributed by atoms with Crippen molar-refractivity contribution in [1.82, 2.24) is 9.80 Å². The van der Waals surface area contributed by atoms with Gasteiger partial charge in [0.25, 0.3) is 0 Å². The predicted molar refractivity (Wildman–Crippen MR) is 86.2 cm³/mol. The van der Waals surface area contributed by atoms with Crippen molar-refractivity contribution in [3.63, 3.8) is 0 Å². The highest BCUT2D eigenvalue weighted by Gasteiger charge is 2.22. The van der Waals surface area contributed by atoms with E-state index in [0.29, 0.717) is 38.6 Å². The molecule has 0 spiro atoms. The molecule has 0 aromatic heterocycles. The first kappa shape index (κ1) is 15.9. The molecule has 6 heteroatoms. The van der Waals surface area contributed by atoms with Gasteiger partial charge in [-0.15, -0.1) is 0 Å². The summed E-state index contributed by atoms with van der Waals surface area (Å²) in [6.45, 7) is 8.39. The number of nitrogens with zero attached hydrogens (tertiary/aromatic N) is 3. The average Bonchev–Trinajstić information content (AvgIpc) is 2.53. The largest absolute Gasteiger partial charge is 0.445 e. The summed E-state index contributed by atoms with van der Waals surface area (Å²) in [6, 6.07) is 9.66. The zero-order valence-corrected chi connectivity index (χ0v) is 12.9. The van der Waals surface area contributed by atoms with Gasteiger partial charge in [-0.3, -0.25) is 0 Å². The molecule has 22 heavy (non-hydrogen) atoms. The average molecular weight is 302 g/mol. The van der Waals surface area contributed by atoms with Crippen molar-refractivity contribution in [3.8, 4) is 0 Å². The van der Waals surface area contributed by atoms with Gasteiger partial charge >= 0.3 is 6.09 Å². The van der Waals surface area contributed by atoms with Crippen molar-refractivity contribution in [1.29, 1.82) is 0 Å². The summed E-state index contributed by atoms with van der Waals surface area (Å²) in [5.41, 5.74) is 6.46. The maximum absolute atomic E-state index is 12.0. The van der Waals surface area contributed by atoms with Crippen LogP contribution in [-0.2, 0) is 11.3 Å². The van der Waals surface area contributed by atoms with E-state index < -0.39 is 0 Å². The summed E-state index contributed by atoms with van der Waals surface area (Å²) in [5.74, 6) is 1.12. The van der Waals surface area contributed by atoms with Gasteiger partial charge in [0.15, 0.2) is 0 Å². The number of hydrogen-bond acceptors (Lipinski definition) is 4. The second-order valence-corrected chi connectivity index (χ2v) is 5.16. The molecule has 0 radical (unpaired) electrons. The van der Waals surface area contributed by atoms with Crippen molar-refractivity contribution in [2.75, 3.05) is 26.2 Å². The van der Waals surface area contributed by atoms with E-state index in [2.05, 4.69) is 16.5 Å². The Balaban J connectivity index is 1.79. The second-order valence-electron chi connectivity index (χ2n) is 5.16. The molecule has 1 aliphatic rings. The lowest BCUT2D eigenvalue weighted by Crippen LogP contribution is -2.50. The first-order chi connectivity index (χ1) is 10.6. The number of benzene rings is 1. The van der Waals surface area contributed by atoms with E-state index in [4.69, 9.17) is 10.5 Å². The van der Waals surface area contributed by atoms with E-state index in [1.807, 2.05) is 37.3 Å². The summed E-state index contributed by atoms with van der Waals surface area (Å²) >= 11 is 0. The highest BCUT2D eigenvalue weighted by molar-refractivity contribution is 5.81. The fraction of sp³-hybridized carbons (Fsp3) is 0.375. The maximum atomic E-state index is 12.0. The Morgan fingerprint density at radius 1 is 1.23 bits per heavy atom. The summed E-state index contributed by atoms with van der Waals surface area (Å²) in [5, 5.41) is 0. The highest BCUT2D eigenvalue weighted by Crippen LogP contribution is 2.08. The first-order valence-corrected chi connectivity index (χ1v) is 7.26. The minimum atomic E-state index is -0.277. The molecule has 1 aromatic rings. The third kappa shape index (κ3) is 4.51. The van der Waals surface area contributed by atoms with Crippen molar-refractivity contribution in [2.24, 2.45) is 10.7 Å². The van der Waals surface area contributed by atoms with Crippen LogP contribution in [0.1, 0.15) is 12.5 Å². The lowest BCUT2D eigenvalue weighted by molar-refractivity contribution is 0.0824. The van der Waals surface area contributed by atoms with Crippen LogP contribution in [0.3, 0.4) is 0 Å². The highest BCUT2D eigenvalue weighted by atomic mass is 16.6. The standard InChI is InChI=1S/C16H22N4O2/c1-13(17)18-14(2)19-8-10-20(11-9-19)16(21)22-12-15-6-4-3-5-7-15/h3-7H,1,8-12,17H2,2H3/b18-14+. The Labute approximate surface area is 130 Å². The zero-order chi connectivity index (χ0) is 15.9. The number of nitrogens with two attached hydrogens (primary N) is 1. The third-order valence-corrected chi connectivity index (χ3v) is 3.51. The summed E-state index contributed by atoms with van der Waals surface area (Å²) < 4.78 is 5.33. The zero-order valence-electron chi connectivity index (χ0n) is 12.9. The van der Waals surface area contributed by atoms with Crippen LogP contribution in [0.15, 0.2) is 47.7 Å². The normalized spacial score (nSPS) is 15.6. The van der Waals surface area contributed by atoms with Gasteiger partial charge < -0.3 is 20.3 Å². The molecule has 118 valence electrons. The van der Waals surface area contributed by atoms with Gasteiger partial charge in [-0.05, 0) is 12.5 Å². The van der Waals surface area contributed by atoms with Crippen LogP contribution in [0, 0.1) is 0 Å². The fourth-order valence-corrected chi connectivity index (χ4v) is 2.30. The summed E-state index contributed by atoms with van der Waals surface area (Å²) in [6.07, 6.45) is -0.277. The lowest BCUT2D eigenvalue weighted by Gasteiger charge is -2.35. The van der Waals surface area contributed by atoms with Crippen molar-refractivity contribution < 1.29 is 9.53 Å². The summed E-state index contributed by atoms with van der Waals surface area (Å²) in [7, 11) is 0. The van der Waals surface area contributed by atoms with Crippen molar-refractivity contribution >= 4 is 11.9 Å². The predicted octanol–water partition coefficient (Wildman–Crippen LogP) is 1.79. The Morgan fingerprint density at radius 3 is 2.41 bits per heavy atom. The van der Waals surface area contributed by atoms with Crippen LogP contribution in [0.4, 0.5) is 4.79 Å². The number of carbonyl (C=O) groups excluding carboxylic acids is 1. The molecule has 1 fully saturated rings. The Hall–Kier alpha value is -2.50. The van der Waals surface area contributed by atoms with E-state index in [1.54, 1.807) is 4.90 Å². The molecule has 1 heterocycles. The van der Waals surface area contributed by atoms with Crippen molar-refractivity contribution in [3.05, 3.63) is 48.3 Å². The molecule has 0 unspecified atom stereocenters. The van der Waals surface area contributed by atoms with Crippen LogP contribution in [0.2, 0.25) is 0 Å². The monoisotopic (exact) mass is 302 g/mol. The van der Waals surface area contributed by atoms with Gasteiger partial charge in [-0.2, -0.15) is 0 Å². The number of rotatable bonds is 3. The van der Waals surface area contributed by atoms with E-state index in [9.17, 15) is 4.79 Å². The van der Waals surface area contributed by atoms with Gasteiger partial charge in [0.2, 0.25) is 0 Å². The number of hydrogen-bond donors (Lipinski definition) is 1. The number of amides is 1.